The van der Waals surface area contributed by atoms with Crippen LogP contribution in [0.4, 0.5) is 0 Å². The predicted octanol–water partition coefficient (Wildman–Crippen LogP) is 1.13. The van der Waals surface area contributed by atoms with Crippen LogP contribution in [0.2, 0.25) is 0 Å². The summed E-state index contributed by atoms with van der Waals surface area (Å²) in [6.45, 7) is 1.53. The van der Waals surface area contributed by atoms with Gasteiger partial charge in [0.25, 0.3) is 0 Å². The van der Waals surface area contributed by atoms with E-state index in [4.69, 9.17) is 0 Å². The zero-order valence-electron chi connectivity index (χ0n) is 10.2. The highest BCUT2D eigenvalue weighted by atomic mass is 16.6. The molecule has 0 aromatic heterocycles. The Morgan fingerprint density at radius 3 is 2.35 bits per heavy atom. The van der Waals surface area contributed by atoms with Crippen LogP contribution in [0.1, 0.15) is 27.8 Å². The lowest BCUT2D eigenvalue weighted by Gasteiger charge is -2.25. The van der Waals surface area contributed by atoms with E-state index in [9.17, 15) is 30.3 Å². The zero-order valence-corrected chi connectivity index (χ0v) is 10.2. The number of aliphatic hydroxyl groups excluding tert-OH is 1. The Balaban J connectivity index is 2.68. The quantitative estimate of drug-likeness (QED) is 0.361. The van der Waals surface area contributed by atoms with Gasteiger partial charge in [0, 0.05) is 10.8 Å². The number of phenolic OH excluding ortho intramolecular Hbond substituents is 4. The number of aromatic hydroxyl groups is 4. The van der Waals surface area contributed by atoms with Crippen molar-refractivity contribution >= 4 is 16.7 Å². The maximum absolute atomic E-state index is 11.8. The van der Waals surface area contributed by atoms with Gasteiger partial charge in [0.2, 0.25) is 12.0 Å². The molecule has 0 fully saturated rings. The summed E-state index contributed by atoms with van der Waals surface area (Å²) >= 11 is 0. The molecular weight excluding hydrogens is 268 g/mol. The second-order valence-corrected chi connectivity index (χ2v) is 4.55. The van der Waals surface area contributed by atoms with Gasteiger partial charge in [0.05, 0.1) is 5.56 Å². The molecular formula is C13H10O7. The number of carbonyl (C=O) groups excluding carboxylic acids is 1. The molecule has 5 N–H and O–H groups in total. The van der Waals surface area contributed by atoms with Gasteiger partial charge in [0.1, 0.15) is 11.3 Å². The number of ether oxygens (including phenoxy) is 1. The lowest BCUT2D eigenvalue weighted by molar-refractivity contribution is -0.0698. The van der Waals surface area contributed by atoms with Crippen LogP contribution in [0.15, 0.2) is 6.07 Å². The van der Waals surface area contributed by atoms with Crippen LogP contribution in [0.25, 0.3) is 10.8 Å². The Labute approximate surface area is 111 Å². The maximum atomic E-state index is 11.8. The van der Waals surface area contributed by atoms with E-state index in [-0.39, 0.29) is 21.9 Å². The zero-order chi connectivity index (χ0) is 14.8. The molecule has 3 rings (SSSR count). The molecule has 1 aliphatic heterocycles. The number of benzene rings is 2. The fourth-order valence-electron chi connectivity index (χ4n) is 2.52. The van der Waals surface area contributed by atoms with E-state index >= 15 is 0 Å². The molecule has 7 nitrogen and oxygen atoms in total. The number of rotatable bonds is 0. The van der Waals surface area contributed by atoms with Crippen molar-refractivity contribution in [3.63, 3.8) is 0 Å². The van der Waals surface area contributed by atoms with Gasteiger partial charge >= 0.3 is 5.97 Å². The normalized spacial score (nSPS) is 17.3. The summed E-state index contributed by atoms with van der Waals surface area (Å²) in [7, 11) is 0. The average molecular weight is 278 g/mol. The van der Waals surface area contributed by atoms with E-state index in [2.05, 4.69) is 4.74 Å². The monoisotopic (exact) mass is 278 g/mol. The highest BCUT2D eigenvalue weighted by molar-refractivity contribution is 6.13. The topological polar surface area (TPSA) is 127 Å². The van der Waals surface area contributed by atoms with Crippen LogP contribution >= 0.6 is 0 Å². The summed E-state index contributed by atoms with van der Waals surface area (Å²) in [6, 6.07) is 1.22. The Bertz CT molecular complexity index is 779. The van der Waals surface area contributed by atoms with E-state index in [1.54, 1.807) is 0 Å². The lowest BCUT2D eigenvalue weighted by atomic mass is 9.91. The van der Waals surface area contributed by atoms with Crippen molar-refractivity contribution in [2.75, 3.05) is 0 Å². The van der Waals surface area contributed by atoms with E-state index < -0.39 is 35.3 Å². The second kappa shape index (κ2) is 3.67. The number of aryl methyl sites for hydroxylation is 1. The molecule has 1 aliphatic rings. The number of aliphatic hydroxyl groups is 1. The van der Waals surface area contributed by atoms with Crippen molar-refractivity contribution in [3.8, 4) is 23.0 Å². The molecule has 0 amide bonds. The molecule has 0 radical (unpaired) electrons. The van der Waals surface area contributed by atoms with Crippen LogP contribution in [0, 0.1) is 6.92 Å². The first-order chi connectivity index (χ1) is 9.34. The number of esters is 1. The van der Waals surface area contributed by atoms with E-state index in [0.717, 1.165) is 0 Å². The third-order valence-electron chi connectivity index (χ3n) is 3.38. The van der Waals surface area contributed by atoms with Gasteiger partial charge in [-0.1, -0.05) is 0 Å². The Hall–Kier alpha value is -2.67. The van der Waals surface area contributed by atoms with Gasteiger partial charge in [-0.15, -0.1) is 0 Å². The third-order valence-corrected chi connectivity index (χ3v) is 3.38. The standard InChI is InChI=1S/C13H10O7/c1-3-2-4(14)6-7-5(3)9(15)11(17)10(16)8(7)13(19)20-12(6)18/h2,13-17,19H,1H3/t13-/m0/s1. The van der Waals surface area contributed by atoms with Crippen molar-refractivity contribution in [2.45, 2.75) is 13.2 Å². The molecule has 0 spiro atoms. The van der Waals surface area contributed by atoms with Crippen LogP contribution in [-0.4, -0.2) is 31.5 Å². The van der Waals surface area contributed by atoms with Gasteiger partial charge in [-0.05, 0) is 18.6 Å². The highest BCUT2D eigenvalue weighted by Crippen LogP contribution is 2.52. The molecule has 0 saturated carbocycles. The van der Waals surface area contributed by atoms with Crippen LogP contribution in [0.3, 0.4) is 0 Å². The number of carbonyl (C=O) groups is 1. The van der Waals surface area contributed by atoms with Crippen molar-refractivity contribution in [1.82, 2.24) is 0 Å². The molecule has 1 heterocycles. The fourth-order valence-corrected chi connectivity index (χ4v) is 2.52. The van der Waals surface area contributed by atoms with E-state index in [1.165, 1.54) is 13.0 Å². The predicted molar refractivity (Wildman–Crippen MR) is 65.7 cm³/mol. The molecule has 0 bridgehead atoms. The molecule has 1 atom stereocenters. The number of hydrogen-bond donors (Lipinski definition) is 5. The first-order valence-electron chi connectivity index (χ1n) is 5.66. The Kier molecular flexibility index (Phi) is 2.27. The van der Waals surface area contributed by atoms with E-state index in [0.29, 0.717) is 5.56 Å². The summed E-state index contributed by atoms with van der Waals surface area (Å²) in [5, 5.41) is 49.1. The first kappa shape index (κ1) is 12.4. The number of hydrogen-bond acceptors (Lipinski definition) is 7. The van der Waals surface area contributed by atoms with Gasteiger partial charge in [-0.3, -0.25) is 0 Å². The summed E-state index contributed by atoms with van der Waals surface area (Å²) in [4.78, 5) is 11.8. The summed E-state index contributed by atoms with van der Waals surface area (Å²) in [5.41, 5.74) is -0.197. The van der Waals surface area contributed by atoms with Crippen molar-refractivity contribution in [1.29, 1.82) is 0 Å². The van der Waals surface area contributed by atoms with Crippen molar-refractivity contribution in [2.24, 2.45) is 0 Å². The molecule has 0 saturated heterocycles. The molecule has 104 valence electrons. The number of cyclic esters (lactones) is 1. The molecule has 0 aliphatic carbocycles. The third kappa shape index (κ3) is 1.29. The first-order valence-corrected chi connectivity index (χ1v) is 5.66. The summed E-state index contributed by atoms with van der Waals surface area (Å²) in [5.74, 6) is -3.66. The molecule has 7 heteroatoms. The van der Waals surface area contributed by atoms with Crippen molar-refractivity contribution in [3.05, 3.63) is 22.8 Å². The van der Waals surface area contributed by atoms with Gasteiger partial charge < -0.3 is 30.3 Å². The molecule has 0 unspecified atom stereocenters. The SMILES string of the molecule is Cc1cc(O)c2c3c(c(O)c(O)c(O)c13)[C@@H](O)OC2=O. The Morgan fingerprint density at radius 2 is 1.70 bits per heavy atom. The van der Waals surface area contributed by atoms with Gasteiger partial charge in [-0.2, -0.15) is 0 Å². The van der Waals surface area contributed by atoms with Crippen LogP contribution < -0.4 is 0 Å². The summed E-state index contributed by atoms with van der Waals surface area (Å²) in [6.07, 6.45) is -1.80. The van der Waals surface area contributed by atoms with E-state index in [1.807, 2.05) is 0 Å². The van der Waals surface area contributed by atoms with Crippen LogP contribution in [-0.2, 0) is 4.74 Å². The van der Waals surface area contributed by atoms with Gasteiger partial charge in [-0.25, -0.2) is 4.79 Å². The van der Waals surface area contributed by atoms with Gasteiger partial charge in [0.15, 0.2) is 11.5 Å². The smallest absolute Gasteiger partial charge is 0.345 e. The average Bonchev–Trinajstić information content (AvgIpc) is 2.34. The highest BCUT2D eigenvalue weighted by Gasteiger charge is 2.36. The largest absolute Gasteiger partial charge is 0.507 e. The maximum Gasteiger partial charge on any atom is 0.345 e. The second-order valence-electron chi connectivity index (χ2n) is 4.55. The van der Waals surface area contributed by atoms with Crippen LogP contribution in [0.5, 0.6) is 23.0 Å². The summed E-state index contributed by atoms with van der Waals surface area (Å²) < 4.78 is 4.60. The minimum Gasteiger partial charge on any atom is -0.507 e. The number of phenols is 4. The Morgan fingerprint density at radius 1 is 1.05 bits per heavy atom. The van der Waals surface area contributed by atoms with Crippen molar-refractivity contribution < 1.29 is 35.1 Å². The minimum atomic E-state index is -1.80. The minimum absolute atomic E-state index is 0.0425. The lowest BCUT2D eigenvalue weighted by Crippen LogP contribution is -2.18. The molecule has 2 aromatic carbocycles. The fraction of sp³-hybridized carbons (Fsp3) is 0.154. The molecule has 20 heavy (non-hydrogen) atoms. The molecule has 2 aromatic rings.